The zero-order valence-corrected chi connectivity index (χ0v) is 17.6. The fourth-order valence-corrected chi connectivity index (χ4v) is 5.81. The maximum Gasteiger partial charge on any atom is 0.118 e. The van der Waals surface area contributed by atoms with E-state index in [0.29, 0.717) is 24.0 Å². The van der Waals surface area contributed by atoms with Crippen LogP contribution in [0.3, 0.4) is 0 Å². The van der Waals surface area contributed by atoms with Crippen LogP contribution in [-0.2, 0) is 6.54 Å². The Labute approximate surface area is 167 Å². The third kappa shape index (κ3) is 3.51. The summed E-state index contributed by atoms with van der Waals surface area (Å²) in [7, 11) is 1.72. The molecule has 2 fully saturated rings. The van der Waals surface area contributed by atoms with Crippen molar-refractivity contribution in [1.29, 1.82) is 0 Å². The van der Waals surface area contributed by atoms with Crippen LogP contribution in [-0.4, -0.2) is 41.2 Å². The van der Waals surface area contributed by atoms with Crippen molar-refractivity contribution in [2.45, 2.75) is 50.9 Å². The van der Waals surface area contributed by atoms with Crippen LogP contribution >= 0.6 is 11.9 Å². The van der Waals surface area contributed by atoms with Crippen LogP contribution in [0.25, 0.3) is 0 Å². The van der Waals surface area contributed by atoms with Gasteiger partial charge in [-0.25, -0.2) is 4.31 Å². The molecule has 3 unspecified atom stereocenters. The maximum atomic E-state index is 5.30. The van der Waals surface area contributed by atoms with Crippen LogP contribution in [0.15, 0.2) is 48.5 Å². The Bertz CT molecular complexity index is 776. The van der Waals surface area contributed by atoms with E-state index in [2.05, 4.69) is 77.8 Å². The van der Waals surface area contributed by atoms with Crippen molar-refractivity contribution in [2.24, 2.45) is 0 Å². The average Bonchev–Trinajstić information content (AvgIpc) is 3.26. The van der Waals surface area contributed by atoms with Gasteiger partial charge in [-0.15, -0.1) is 0 Å². The average molecular weight is 383 g/mol. The molecule has 0 spiro atoms. The smallest absolute Gasteiger partial charge is 0.118 e. The predicted octanol–water partition coefficient (Wildman–Crippen LogP) is 5.10. The van der Waals surface area contributed by atoms with Gasteiger partial charge < -0.3 is 4.74 Å². The third-order valence-electron chi connectivity index (χ3n) is 6.12. The standard InChI is InChI=1S/C23H30N2OS/c1-16(2)20-7-5-6-8-21(20)23-22-13-18(25(23)27-4)15-24(22)14-17-9-11-19(26-3)12-10-17/h5-12,16,18,22-23H,13-15H2,1-4H3. The summed E-state index contributed by atoms with van der Waals surface area (Å²) in [4.78, 5) is 2.70. The zero-order valence-electron chi connectivity index (χ0n) is 16.8. The number of benzene rings is 2. The lowest BCUT2D eigenvalue weighted by Gasteiger charge is -2.41. The van der Waals surface area contributed by atoms with Gasteiger partial charge in [0.1, 0.15) is 5.75 Å². The Morgan fingerprint density at radius 2 is 1.85 bits per heavy atom. The normalized spacial score (nSPS) is 25.4. The van der Waals surface area contributed by atoms with E-state index < -0.39 is 0 Å². The molecular formula is C23H30N2OS. The number of piperazine rings is 1. The highest BCUT2D eigenvalue weighted by Gasteiger charge is 2.51. The molecule has 4 heteroatoms. The van der Waals surface area contributed by atoms with Gasteiger partial charge in [-0.3, -0.25) is 4.90 Å². The van der Waals surface area contributed by atoms with Gasteiger partial charge in [-0.2, -0.15) is 0 Å². The summed E-state index contributed by atoms with van der Waals surface area (Å²) < 4.78 is 7.97. The largest absolute Gasteiger partial charge is 0.497 e. The molecule has 0 aromatic heterocycles. The van der Waals surface area contributed by atoms with Crippen LogP contribution in [0.5, 0.6) is 5.75 Å². The monoisotopic (exact) mass is 382 g/mol. The summed E-state index contributed by atoms with van der Waals surface area (Å²) in [6, 6.07) is 19.3. The van der Waals surface area contributed by atoms with Crippen LogP contribution in [0.1, 0.15) is 48.9 Å². The molecule has 2 aromatic carbocycles. The molecule has 2 aliphatic heterocycles. The van der Waals surface area contributed by atoms with Crippen LogP contribution in [0.4, 0.5) is 0 Å². The molecular weight excluding hydrogens is 352 g/mol. The Hall–Kier alpha value is -1.49. The van der Waals surface area contributed by atoms with Gasteiger partial charge in [-0.05, 0) is 47.4 Å². The topological polar surface area (TPSA) is 15.7 Å². The first kappa shape index (κ1) is 18.9. The van der Waals surface area contributed by atoms with Gasteiger partial charge in [0.15, 0.2) is 0 Å². The Balaban J connectivity index is 1.60. The number of rotatable bonds is 6. The van der Waals surface area contributed by atoms with E-state index in [4.69, 9.17) is 4.74 Å². The van der Waals surface area contributed by atoms with Crippen molar-refractivity contribution >= 4 is 11.9 Å². The molecule has 0 saturated carbocycles. The van der Waals surface area contributed by atoms with E-state index in [1.165, 1.54) is 23.1 Å². The second-order valence-corrected chi connectivity index (χ2v) is 8.79. The molecule has 0 aliphatic carbocycles. The number of ether oxygens (including phenoxy) is 1. The SMILES string of the molecule is COc1ccc(CN2CC3CC2C(c2ccccc2C(C)C)N3SC)cc1. The molecule has 2 saturated heterocycles. The molecule has 4 rings (SSSR count). The van der Waals surface area contributed by atoms with Gasteiger partial charge in [0.25, 0.3) is 0 Å². The highest BCUT2D eigenvalue weighted by atomic mass is 32.2. The highest BCUT2D eigenvalue weighted by Crippen LogP contribution is 2.49. The van der Waals surface area contributed by atoms with E-state index in [9.17, 15) is 0 Å². The first-order valence-electron chi connectivity index (χ1n) is 9.90. The maximum absolute atomic E-state index is 5.30. The molecule has 3 nitrogen and oxygen atoms in total. The van der Waals surface area contributed by atoms with E-state index in [-0.39, 0.29) is 0 Å². The lowest BCUT2D eigenvalue weighted by atomic mass is 9.90. The second-order valence-electron chi connectivity index (χ2n) is 8.01. The predicted molar refractivity (Wildman–Crippen MR) is 114 cm³/mol. The summed E-state index contributed by atoms with van der Waals surface area (Å²) in [5.74, 6) is 1.48. The van der Waals surface area contributed by atoms with Crippen LogP contribution in [0, 0.1) is 0 Å². The Kier molecular flexibility index (Phi) is 5.49. The van der Waals surface area contributed by atoms with E-state index in [0.717, 1.165) is 18.8 Å². The van der Waals surface area contributed by atoms with Gasteiger partial charge in [0, 0.05) is 25.2 Å². The first-order valence-corrected chi connectivity index (χ1v) is 11.1. The minimum absolute atomic E-state index is 0.482. The fourth-order valence-electron chi connectivity index (χ4n) is 4.88. The molecule has 0 radical (unpaired) electrons. The van der Waals surface area contributed by atoms with E-state index >= 15 is 0 Å². The van der Waals surface area contributed by atoms with Gasteiger partial charge in [0.05, 0.1) is 13.2 Å². The van der Waals surface area contributed by atoms with Gasteiger partial charge in [0.2, 0.25) is 0 Å². The minimum atomic E-state index is 0.482. The van der Waals surface area contributed by atoms with E-state index in [1.54, 1.807) is 7.11 Å². The lowest BCUT2D eigenvalue weighted by molar-refractivity contribution is 0.129. The van der Waals surface area contributed by atoms with Crippen molar-refractivity contribution in [3.8, 4) is 5.75 Å². The van der Waals surface area contributed by atoms with Crippen molar-refractivity contribution in [3.05, 3.63) is 65.2 Å². The quantitative estimate of drug-likeness (QED) is 0.646. The third-order valence-corrected chi connectivity index (χ3v) is 7.07. The summed E-state index contributed by atoms with van der Waals surface area (Å²) >= 11 is 1.92. The van der Waals surface area contributed by atoms with Crippen molar-refractivity contribution in [2.75, 3.05) is 19.9 Å². The molecule has 2 aliphatic rings. The summed E-state index contributed by atoms with van der Waals surface area (Å²) in [5.41, 5.74) is 4.39. The second kappa shape index (κ2) is 7.86. The minimum Gasteiger partial charge on any atom is -0.497 e. The Morgan fingerprint density at radius 3 is 2.52 bits per heavy atom. The molecule has 2 aromatic rings. The summed E-state index contributed by atoms with van der Waals surface area (Å²) in [6.07, 6.45) is 3.51. The first-order chi connectivity index (χ1) is 13.1. The van der Waals surface area contributed by atoms with Gasteiger partial charge >= 0.3 is 0 Å². The molecule has 2 bridgehead atoms. The molecule has 2 heterocycles. The fraction of sp³-hybridized carbons (Fsp3) is 0.478. The number of methoxy groups -OCH3 is 1. The summed E-state index contributed by atoms with van der Waals surface area (Å²) in [6.45, 7) is 6.81. The zero-order chi connectivity index (χ0) is 19.0. The van der Waals surface area contributed by atoms with Crippen molar-refractivity contribution in [1.82, 2.24) is 9.21 Å². The molecule has 0 N–H and O–H groups in total. The molecule has 27 heavy (non-hydrogen) atoms. The van der Waals surface area contributed by atoms with Gasteiger partial charge in [-0.1, -0.05) is 62.2 Å². The molecule has 3 atom stereocenters. The van der Waals surface area contributed by atoms with Crippen LogP contribution < -0.4 is 4.74 Å². The van der Waals surface area contributed by atoms with Crippen molar-refractivity contribution < 1.29 is 4.74 Å². The number of nitrogens with zero attached hydrogens (tertiary/aromatic N) is 2. The lowest BCUT2D eigenvalue weighted by Crippen LogP contribution is -2.45. The number of hydrogen-bond donors (Lipinski definition) is 0. The van der Waals surface area contributed by atoms with Crippen LogP contribution in [0.2, 0.25) is 0 Å². The summed E-state index contributed by atoms with van der Waals surface area (Å²) in [5, 5.41) is 0. The number of hydrogen-bond acceptors (Lipinski definition) is 4. The Morgan fingerprint density at radius 1 is 1.11 bits per heavy atom. The molecule has 144 valence electrons. The van der Waals surface area contributed by atoms with Crippen molar-refractivity contribution in [3.63, 3.8) is 0 Å². The number of fused-ring (bicyclic) bond motifs is 2. The highest BCUT2D eigenvalue weighted by molar-refractivity contribution is 7.96. The number of likely N-dealkylation sites (tertiary alicyclic amines) is 1. The molecule has 0 amide bonds. The van der Waals surface area contributed by atoms with E-state index in [1.807, 2.05) is 11.9 Å².